The molecule has 5 heteroatoms. The molecule has 0 aromatic carbocycles. The number of aliphatic hydroxyl groups is 1. The molecular weight excluding hydrogens is 208 g/mol. The van der Waals surface area contributed by atoms with E-state index in [1.165, 1.54) is 0 Å². The molecule has 3 N–H and O–H groups in total. The van der Waals surface area contributed by atoms with Gasteiger partial charge >= 0.3 is 6.09 Å². The maximum Gasteiger partial charge on any atom is 0.407 e. The van der Waals surface area contributed by atoms with Crippen LogP contribution in [0, 0.1) is 5.92 Å². The van der Waals surface area contributed by atoms with Crippen LogP contribution < -0.4 is 10.6 Å². The summed E-state index contributed by atoms with van der Waals surface area (Å²) in [6, 6.07) is 0.172. The molecule has 1 rings (SSSR count). The van der Waals surface area contributed by atoms with E-state index in [4.69, 9.17) is 9.84 Å². The van der Waals surface area contributed by atoms with E-state index in [0.29, 0.717) is 12.5 Å². The van der Waals surface area contributed by atoms with Crippen LogP contribution in [0.15, 0.2) is 0 Å². The minimum absolute atomic E-state index is 0.156. The van der Waals surface area contributed by atoms with E-state index < -0.39 is 5.60 Å². The summed E-state index contributed by atoms with van der Waals surface area (Å²) in [5.74, 6) is 0.379. The van der Waals surface area contributed by atoms with E-state index in [1.807, 2.05) is 20.8 Å². The molecular formula is C11H22N2O3. The number of ether oxygens (including phenoxy) is 1. The van der Waals surface area contributed by atoms with E-state index in [0.717, 1.165) is 13.0 Å². The molecule has 0 aliphatic carbocycles. The molecule has 94 valence electrons. The SMILES string of the molecule is CC(C)(C)OC(=O)NC[C@@H]1CN[C@H](CO)C1. The number of nitrogens with one attached hydrogen (secondary N) is 2. The van der Waals surface area contributed by atoms with Gasteiger partial charge in [0.15, 0.2) is 0 Å². The van der Waals surface area contributed by atoms with Crippen LogP contribution in [0.5, 0.6) is 0 Å². The fourth-order valence-corrected chi connectivity index (χ4v) is 1.74. The Hall–Kier alpha value is -0.810. The molecule has 5 nitrogen and oxygen atoms in total. The minimum atomic E-state index is -0.453. The molecule has 0 bridgehead atoms. The molecule has 0 aromatic heterocycles. The van der Waals surface area contributed by atoms with Gasteiger partial charge in [0.05, 0.1) is 6.61 Å². The Morgan fingerprint density at radius 2 is 2.25 bits per heavy atom. The highest BCUT2D eigenvalue weighted by molar-refractivity contribution is 5.67. The smallest absolute Gasteiger partial charge is 0.407 e. The standard InChI is InChI=1S/C11H22N2O3/c1-11(2,3)16-10(15)13-6-8-4-9(7-14)12-5-8/h8-9,12,14H,4-7H2,1-3H3,(H,13,15)/t8-,9-/m0/s1. The highest BCUT2D eigenvalue weighted by atomic mass is 16.6. The number of alkyl carbamates (subject to hydrolysis) is 1. The van der Waals surface area contributed by atoms with Crippen LogP contribution in [0.25, 0.3) is 0 Å². The summed E-state index contributed by atoms with van der Waals surface area (Å²) in [4.78, 5) is 11.4. The Bertz CT molecular complexity index is 238. The lowest BCUT2D eigenvalue weighted by Gasteiger charge is -2.20. The lowest BCUT2D eigenvalue weighted by Crippen LogP contribution is -2.35. The van der Waals surface area contributed by atoms with Crippen LogP contribution in [-0.2, 0) is 4.74 Å². The van der Waals surface area contributed by atoms with Gasteiger partial charge in [0.1, 0.15) is 5.60 Å². The minimum Gasteiger partial charge on any atom is -0.444 e. The summed E-state index contributed by atoms with van der Waals surface area (Å²) < 4.78 is 5.13. The van der Waals surface area contributed by atoms with E-state index in [2.05, 4.69) is 10.6 Å². The first kappa shape index (κ1) is 13.3. The summed E-state index contributed by atoms with van der Waals surface area (Å²) in [5, 5.41) is 14.9. The largest absolute Gasteiger partial charge is 0.444 e. The normalized spacial score (nSPS) is 25.5. The molecule has 1 amide bonds. The molecule has 2 atom stereocenters. The van der Waals surface area contributed by atoms with E-state index >= 15 is 0 Å². The first-order chi connectivity index (χ1) is 7.40. The van der Waals surface area contributed by atoms with Crippen LogP contribution in [-0.4, -0.2) is 42.5 Å². The van der Waals surface area contributed by atoms with Crippen LogP contribution in [0.3, 0.4) is 0 Å². The lowest BCUT2D eigenvalue weighted by molar-refractivity contribution is 0.0520. The average molecular weight is 230 g/mol. The zero-order valence-electron chi connectivity index (χ0n) is 10.2. The van der Waals surface area contributed by atoms with Gasteiger partial charge in [-0.3, -0.25) is 0 Å². The molecule has 1 aliphatic heterocycles. The molecule has 1 fully saturated rings. The molecule has 0 aromatic rings. The third-order valence-corrected chi connectivity index (χ3v) is 2.47. The molecule has 16 heavy (non-hydrogen) atoms. The number of carbonyl (C=O) groups is 1. The fourth-order valence-electron chi connectivity index (χ4n) is 1.74. The Labute approximate surface area is 96.6 Å². The van der Waals surface area contributed by atoms with Crippen molar-refractivity contribution in [3.8, 4) is 0 Å². The highest BCUT2D eigenvalue weighted by Crippen LogP contribution is 2.13. The Morgan fingerprint density at radius 1 is 1.56 bits per heavy atom. The molecule has 0 unspecified atom stereocenters. The van der Waals surface area contributed by atoms with Gasteiger partial charge in [0.25, 0.3) is 0 Å². The summed E-state index contributed by atoms with van der Waals surface area (Å²) in [5.41, 5.74) is -0.453. The second kappa shape index (κ2) is 5.50. The van der Waals surface area contributed by atoms with Gasteiger partial charge in [-0.15, -0.1) is 0 Å². The third kappa shape index (κ3) is 4.81. The molecule has 1 aliphatic rings. The van der Waals surface area contributed by atoms with Crippen molar-refractivity contribution in [3.05, 3.63) is 0 Å². The molecule has 0 radical (unpaired) electrons. The number of amides is 1. The first-order valence-electron chi connectivity index (χ1n) is 5.72. The van der Waals surface area contributed by atoms with Gasteiger partial charge in [0, 0.05) is 19.1 Å². The van der Waals surface area contributed by atoms with Crippen molar-refractivity contribution in [1.29, 1.82) is 0 Å². The maximum atomic E-state index is 11.4. The van der Waals surface area contributed by atoms with Crippen molar-refractivity contribution in [1.82, 2.24) is 10.6 Å². The van der Waals surface area contributed by atoms with Crippen molar-refractivity contribution in [2.45, 2.75) is 38.8 Å². The van der Waals surface area contributed by atoms with Gasteiger partial charge in [0.2, 0.25) is 0 Å². The number of hydrogen-bond donors (Lipinski definition) is 3. The first-order valence-corrected chi connectivity index (χ1v) is 5.72. The predicted octanol–water partition coefficient (Wildman–Crippen LogP) is 0.481. The van der Waals surface area contributed by atoms with E-state index in [1.54, 1.807) is 0 Å². The third-order valence-electron chi connectivity index (χ3n) is 2.47. The van der Waals surface area contributed by atoms with Crippen molar-refractivity contribution in [2.75, 3.05) is 19.7 Å². The number of rotatable bonds is 3. The van der Waals surface area contributed by atoms with Crippen LogP contribution in [0.1, 0.15) is 27.2 Å². The monoisotopic (exact) mass is 230 g/mol. The quantitative estimate of drug-likeness (QED) is 0.659. The molecule has 1 saturated heterocycles. The van der Waals surface area contributed by atoms with Crippen LogP contribution in [0.2, 0.25) is 0 Å². The Morgan fingerprint density at radius 3 is 2.75 bits per heavy atom. The molecule has 0 spiro atoms. The van der Waals surface area contributed by atoms with Crippen molar-refractivity contribution >= 4 is 6.09 Å². The highest BCUT2D eigenvalue weighted by Gasteiger charge is 2.24. The zero-order valence-corrected chi connectivity index (χ0v) is 10.2. The van der Waals surface area contributed by atoms with Crippen molar-refractivity contribution in [2.24, 2.45) is 5.92 Å². The Balaban J connectivity index is 2.18. The Kier molecular flexibility index (Phi) is 4.56. The van der Waals surface area contributed by atoms with Gasteiger partial charge in [-0.1, -0.05) is 0 Å². The zero-order chi connectivity index (χ0) is 12.2. The summed E-state index contributed by atoms with van der Waals surface area (Å²) in [7, 11) is 0. The number of carbonyl (C=O) groups excluding carboxylic acids is 1. The predicted molar refractivity (Wildman–Crippen MR) is 61.2 cm³/mol. The van der Waals surface area contributed by atoms with Gasteiger partial charge in [-0.05, 0) is 33.1 Å². The number of hydrogen-bond acceptors (Lipinski definition) is 4. The summed E-state index contributed by atoms with van der Waals surface area (Å²) in [6.45, 7) is 7.10. The van der Waals surface area contributed by atoms with E-state index in [9.17, 15) is 4.79 Å². The second-order valence-corrected chi connectivity index (χ2v) is 5.27. The van der Waals surface area contributed by atoms with Gasteiger partial charge in [-0.2, -0.15) is 0 Å². The van der Waals surface area contributed by atoms with Crippen LogP contribution >= 0.6 is 0 Å². The summed E-state index contributed by atoms with van der Waals surface area (Å²) in [6.07, 6.45) is 0.520. The fraction of sp³-hybridized carbons (Fsp3) is 0.909. The van der Waals surface area contributed by atoms with Gasteiger partial charge in [-0.25, -0.2) is 4.79 Å². The average Bonchev–Trinajstić information content (AvgIpc) is 2.59. The summed E-state index contributed by atoms with van der Waals surface area (Å²) >= 11 is 0. The van der Waals surface area contributed by atoms with E-state index in [-0.39, 0.29) is 18.7 Å². The van der Waals surface area contributed by atoms with Crippen molar-refractivity contribution in [3.63, 3.8) is 0 Å². The topological polar surface area (TPSA) is 70.6 Å². The van der Waals surface area contributed by atoms with Crippen LogP contribution in [0.4, 0.5) is 4.79 Å². The van der Waals surface area contributed by atoms with Crippen molar-refractivity contribution < 1.29 is 14.6 Å². The lowest BCUT2D eigenvalue weighted by atomic mass is 10.1. The molecule has 0 saturated carbocycles. The number of aliphatic hydroxyl groups excluding tert-OH is 1. The maximum absolute atomic E-state index is 11.4. The van der Waals surface area contributed by atoms with Gasteiger partial charge < -0.3 is 20.5 Å². The molecule has 1 heterocycles. The second-order valence-electron chi connectivity index (χ2n) is 5.27.